The maximum Gasteiger partial charge on any atom is 0.209 e. The summed E-state index contributed by atoms with van der Waals surface area (Å²) in [6.07, 6.45) is 5.12. The van der Waals surface area contributed by atoms with Gasteiger partial charge in [-0.05, 0) is 37.5 Å². The standard InChI is InChI=1S/C16H27N5O2S/c17-14-18-19-15(24-14)20-5-3-16(4-6-20)9-13(22)10-21(11-16)12-1-7-23-8-2-12/h12-13,22H,1-11H2,(H2,17,18). The average molecular weight is 353 g/mol. The number of piperidine rings is 2. The molecule has 4 heterocycles. The van der Waals surface area contributed by atoms with Crippen molar-refractivity contribution >= 4 is 21.6 Å². The van der Waals surface area contributed by atoms with Crippen LogP contribution in [0.5, 0.6) is 0 Å². The first-order chi connectivity index (χ1) is 11.6. The van der Waals surface area contributed by atoms with E-state index in [0.717, 1.165) is 76.6 Å². The zero-order valence-corrected chi connectivity index (χ0v) is 14.9. The van der Waals surface area contributed by atoms with E-state index in [1.54, 1.807) is 0 Å². The van der Waals surface area contributed by atoms with E-state index >= 15 is 0 Å². The van der Waals surface area contributed by atoms with Gasteiger partial charge in [0.05, 0.1) is 6.10 Å². The molecule has 24 heavy (non-hydrogen) atoms. The Morgan fingerprint density at radius 2 is 1.96 bits per heavy atom. The molecule has 0 aliphatic carbocycles. The van der Waals surface area contributed by atoms with Crippen molar-refractivity contribution in [1.29, 1.82) is 0 Å². The van der Waals surface area contributed by atoms with Gasteiger partial charge in [-0.1, -0.05) is 11.3 Å². The van der Waals surface area contributed by atoms with E-state index in [9.17, 15) is 5.11 Å². The van der Waals surface area contributed by atoms with E-state index in [-0.39, 0.29) is 11.5 Å². The minimum absolute atomic E-state index is 0.203. The fraction of sp³-hybridized carbons (Fsp3) is 0.875. The molecule has 4 rings (SSSR count). The van der Waals surface area contributed by atoms with Crippen LogP contribution in [-0.4, -0.2) is 71.7 Å². The number of nitrogens with zero attached hydrogens (tertiary/aromatic N) is 4. The predicted molar refractivity (Wildman–Crippen MR) is 94.2 cm³/mol. The van der Waals surface area contributed by atoms with E-state index in [4.69, 9.17) is 10.5 Å². The Balaban J connectivity index is 1.41. The number of ether oxygens (including phenoxy) is 1. The zero-order valence-electron chi connectivity index (χ0n) is 14.1. The first-order valence-electron chi connectivity index (χ1n) is 8.97. The molecule has 1 spiro atoms. The topological polar surface area (TPSA) is 87.7 Å². The van der Waals surface area contributed by atoms with Gasteiger partial charge in [-0.3, -0.25) is 4.90 Å². The van der Waals surface area contributed by atoms with Crippen LogP contribution in [0.15, 0.2) is 0 Å². The summed E-state index contributed by atoms with van der Waals surface area (Å²) in [6, 6.07) is 0.576. The number of rotatable bonds is 2. The molecule has 3 fully saturated rings. The van der Waals surface area contributed by atoms with Gasteiger partial charge in [0.25, 0.3) is 0 Å². The zero-order chi connectivity index (χ0) is 16.6. The highest BCUT2D eigenvalue weighted by molar-refractivity contribution is 7.18. The fourth-order valence-corrected chi connectivity index (χ4v) is 5.27. The molecule has 0 amide bonds. The molecular formula is C16H27N5O2S. The Labute approximate surface area is 146 Å². The summed E-state index contributed by atoms with van der Waals surface area (Å²) in [5, 5.41) is 20.1. The Kier molecular flexibility index (Phi) is 4.64. The van der Waals surface area contributed by atoms with Crippen LogP contribution in [-0.2, 0) is 4.74 Å². The SMILES string of the molecule is Nc1nnc(N2CCC3(CC2)CC(O)CN(C2CCOCC2)C3)s1. The van der Waals surface area contributed by atoms with E-state index in [0.29, 0.717) is 11.2 Å². The van der Waals surface area contributed by atoms with Crippen LogP contribution in [0.1, 0.15) is 32.1 Å². The molecule has 3 saturated heterocycles. The third-order valence-corrected chi connectivity index (χ3v) is 6.70. The van der Waals surface area contributed by atoms with E-state index in [2.05, 4.69) is 20.0 Å². The summed E-state index contributed by atoms with van der Waals surface area (Å²) in [5.41, 5.74) is 5.95. The van der Waals surface area contributed by atoms with Gasteiger partial charge in [0.15, 0.2) is 0 Å². The number of hydrogen-bond acceptors (Lipinski definition) is 8. The van der Waals surface area contributed by atoms with Crippen LogP contribution in [0.3, 0.4) is 0 Å². The van der Waals surface area contributed by atoms with Gasteiger partial charge in [0, 0.05) is 45.4 Å². The van der Waals surface area contributed by atoms with Gasteiger partial charge in [-0.2, -0.15) is 0 Å². The van der Waals surface area contributed by atoms with Crippen LogP contribution in [0.25, 0.3) is 0 Å². The van der Waals surface area contributed by atoms with Gasteiger partial charge in [-0.15, -0.1) is 10.2 Å². The van der Waals surface area contributed by atoms with Gasteiger partial charge >= 0.3 is 0 Å². The monoisotopic (exact) mass is 353 g/mol. The largest absolute Gasteiger partial charge is 0.392 e. The van der Waals surface area contributed by atoms with E-state index in [1.165, 1.54) is 11.3 Å². The molecule has 3 aliphatic heterocycles. The van der Waals surface area contributed by atoms with Gasteiger partial charge < -0.3 is 20.5 Å². The predicted octanol–water partition coefficient (Wildman–Crippen LogP) is 0.952. The normalized spacial score (nSPS) is 29.2. The van der Waals surface area contributed by atoms with Crippen molar-refractivity contribution in [3.05, 3.63) is 0 Å². The van der Waals surface area contributed by atoms with E-state index < -0.39 is 0 Å². The number of hydrogen-bond donors (Lipinski definition) is 2. The summed E-state index contributed by atoms with van der Waals surface area (Å²) < 4.78 is 5.50. The van der Waals surface area contributed by atoms with Crippen LogP contribution in [0.4, 0.5) is 10.3 Å². The average Bonchev–Trinajstić information content (AvgIpc) is 3.02. The lowest BCUT2D eigenvalue weighted by Gasteiger charge is -2.51. The lowest BCUT2D eigenvalue weighted by molar-refractivity contribution is -0.0601. The number of β-amino-alcohol motifs (C(OH)–C–C–N with tert-alkyl or cyclic N) is 1. The van der Waals surface area contributed by atoms with Crippen LogP contribution in [0, 0.1) is 5.41 Å². The highest BCUT2D eigenvalue weighted by Gasteiger charge is 2.43. The first kappa shape index (κ1) is 16.5. The molecule has 0 radical (unpaired) electrons. The number of likely N-dealkylation sites (tertiary alicyclic amines) is 1. The minimum Gasteiger partial charge on any atom is -0.392 e. The van der Waals surface area contributed by atoms with Crippen molar-refractivity contribution < 1.29 is 9.84 Å². The molecule has 1 atom stereocenters. The van der Waals surface area contributed by atoms with Gasteiger partial charge in [-0.25, -0.2) is 0 Å². The molecule has 134 valence electrons. The second kappa shape index (κ2) is 6.74. The Morgan fingerprint density at radius 3 is 2.62 bits per heavy atom. The molecule has 1 unspecified atom stereocenters. The van der Waals surface area contributed by atoms with Crippen molar-refractivity contribution in [2.75, 3.05) is 50.0 Å². The highest BCUT2D eigenvalue weighted by Crippen LogP contribution is 2.42. The van der Waals surface area contributed by atoms with Crippen molar-refractivity contribution in [2.24, 2.45) is 5.41 Å². The maximum atomic E-state index is 10.5. The number of nitrogens with two attached hydrogens (primary N) is 1. The smallest absolute Gasteiger partial charge is 0.209 e. The Hall–Kier alpha value is -0.960. The second-order valence-corrected chi connectivity index (χ2v) is 8.53. The molecule has 3 N–H and O–H groups in total. The number of aliphatic hydroxyl groups excluding tert-OH is 1. The first-order valence-corrected chi connectivity index (χ1v) is 9.79. The summed E-state index contributed by atoms with van der Waals surface area (Å²) in [4.78, 5) is 4.83. The molecule has 0 aromatic carbocycles. The lowest BCUT2D eigenvalue weighted by atomic mass is 9.71. The molecule has 7 nitrogen and oxygen atoms in total. The van der Waals surface area contributed by atoms with Crippen molar-refractivity contribution in [2.45, 2.75) is 44.2 Å². The third kappa shape index (κ3) is 3.37. The number of aliphatic hydroxyl groups is 1. The Bertz CT molecular complexity index is 554. The number of anilines is 2. The van der Waals surface area contributed by atoms with Crippen LogP contribution in [0.2, 0.25) is 0 Å². The maximum absolute atomic E-state index is 10.5. The van der Waals surface area contributed by atoms with Crippen LogP contribution < -0.4 is 10.6 Å². The molecule has 1 aromatic heterocycles. The molecule has 8 heteroatoms. The molecular weight excluding hydrogens is 326 g/mol. The summed E-state index contributed by atoms with van der Waals surface area (Å²) in [5.74, 6) is 0. The third-order valence-electron chi connectivity index (χ3n) is 5.88. The lowest BCUT2D eigenvalue weighted by Crippen LogP contribution is -2.57. The second-order valence-electron chi connectivity index (χ2n) is 7.54. The summed E-state index contributed by atoms with van der Waals surface area (Å²) in [7, 11) is 0. The van der Waals surface area contributed by atoms with Crippen LogP contribution >= 0.6 is 11.3 Å². The van der Waals surface area contributed by atoms with Crippen molar-refractivity contribution in [3.8, 4) is 0 Å². The summed E-state index contributed by atoms with van der Waals surface area (Å²) >= 11 is 1.46. The highest BCUT2D eigenvalue weighted by atomic mass is 32.1. The van der Waals surface area contributed by atoms with Gasteiger partial charge in [0.1, 0.15) is 0 Å². The molecule has 0 bridgehead atoms. The van der Waals surface area contributed by atoms with Crippen molar-refractivity contribution in [1.82, 2.24) is 15.1 Å². The molecule has 1 aromatic rings. The summed E-state index contributed by atoms with van der Waals surface area (Å²) in [6.45, 7) is 5.60. The minimum atomic E-state index is -0.203. The molecule has 3 aliphatic rings. The quantitative estimate of drug-likeness (QED) is 0.818. The number of nitrogen functional groups attached to an aromatic ring is 1. The van der Waals surface area contributed by atoms with Crippen molar-refractivity contribution in [3.63, 3.8) is 0 Å². The Morgan fingerprint density at radius 1 is 1.21 bits per heavy atom. The molecule has 0 saturated carbocycles. The van der Waals surface area contributed by atoms with Gasteiger partial charge in [0.2, 0.25) is 10.3 Å². The fourth-order valence-electron chi connectivity index (χ4n) is 4.61. The van der Waals surface area contributed by atoms with E-state index in [1.807, 2.05) is 0 Å². The number of aromatic nitrogens is 2.